The van der Waals surface area contributed by atoms with E-state index in [1.807, 2.05) is 45.0 Å². The molecule has 1 unspecified atom stereocenters. The second-order valence-corrected chi connectivity index (χ2v) is 7.64. The maximum atomic E-state index is 12.9. The van der Waals surface area contributed by atoms with Crippen LogP contribution in [0, 0.1) is 0 Å². The van der Waals surface area contributed by atoms with Crippen LogP contribution in [0.1, 0.15) is 72.5 Å². The average molecular weight is 421 g/mol. The van der Waals surface area contributed by atoms with E-state index in [1.165, 1.54) is 0 Å². The van der Waals surface area contributed by atoms with Gasteiger partial charge in [0.05, 0.1) is 12.1 Å². The highest BCUT2D eigenvalue weighted by molar-refractivity contribution is 5.96. The van der Waals surface area contributed by atoms with Crippen LogP contribution in [-0.4, -0.2) is 31.3 Å². The van der Waals surface area contributed by atoms with Gasteiger partial charge in [-0.15, -0.1) is 9.78 Å². The summed E-state index contributed by atoms with van der Waals surface area (Å²) in [5, 5.41) is 13.8. The van der Waals surface area contributed by atoms with Gasteiger partial charge in [0, 0.05) is 12.3 Å². The molecule has 0 spiro atoms. The monoisotopic (exact) mass is 421 g/mol. The van der Waals surface area contributed by atoms with Crippen LogP contribution in [0.3, 0.4) is 0 Å². The van der Waals surface area contributed by atoms with E-state index in [9.17, 15) is 19.5 Å². The van der Waals surface area contributed by atoms with Gasteiger partial charge >= 0.3 is 11.7 Å². The molecule has 0 radical (unpaired) electrons. The summed E-state index contributed by atoms with van der Waals surface area (Å²) in [6.45, 7) is 6.18. The van der Waals surface area contributed by atoms with Gasteiger partial charge in [0.2, 0.25) is 0 Å². The number of aromatic nitrogens is 3. The van der Waals surface area contributed by atoms with Gasteiger partial charge in [-0.1, -0.05) is 63.2 Å². The fourth-order valence-corrected chi connectivity index (χ4v) is 3.48. The molecule has 1 aromatic heterocycles. The van der Waals surface area contributed by atoms with Crippen LogP contribution in [0.4, 0.5) is 0 Å². The molecule has 1 heterocycles. The molecular weight excluding hydrogens is 394 g/mol. The highest BCUT2D eigenvalue weighted by Gasteiger charge is 2.21. The zero-order chi connectivity index (χ0) is 22.5. The largest absolute Gasteiger partial charge is 0.478 e. The first kappa shape index (κ1) is 22.2. The number of carboxylic acid groups (broad SMARTS) is 1. The Labute approximate surface area is 181 Å². The van der Waals surface area contributed by atoms with Crippen molar-refractivity contribution in [2.45, 2.75) is 52.5 Å². The van der Waals surface area contributed by atoms with Crippen LogP contribution < -0.4 is 5.69 Å². The molecule has 1 N–H and O–H groups in total. The van der Waals surface area contributed by atoms with Crippen molar-refractivity contribution in [2.24, 2.45) is 0 Å². The Kier molecular flexibility index (Phi) is 6.84. The van der Waals surface area contributed by atoms with E-state index < -0.39 is 11.7 Å². The smallest absolute Gasteiger partial charge is 0.353 e. The van der Waals surface area contributed by atoms with Crippen LogP contribution in [-0.2, 0) is 6.54 Å². The fraction of sp³-hybridized carbons (Fsp3) is 0.333. The van der Waals surface area contributed by atoms with E-state index in [0.717, 1.165) is 22.2 Å². The minimum absolute atomic E-state index is 0.0325. The SMILES string of the molecule is CCCC(=O)n1nc(C(C)CC)n(Cc2ccc(-c3ccccc3C(=O)O)cc2)c1=O. The first-order valence-electron chi connectivity index (χ1n) is 10.5. The molecule has 0 saturated heterocycles. The normalized spacial score (nSPS) is 12.0. The Morgan fingerprint density at radius 1 is 1.06 bits per heavy atom. The predicted octanol–water partition coefficient (Wildman–Crippen LogP) is 4.41. The lowest BCUT2D eigenvalue weighted by atomic mass is 9.98. The van der Waals surface area contributed by atoms with Gasteiger partial charge in [0.15, 0.2) is 0 Å². The number of carboxylic acids is 1. The summed E-state index contributed by atoms with van der Waals surface area (Å²) in [6.07, 6.45) is 1.72. The minimum atomic E-state index is -0.978. The van der Waals surface area contributed by atoms with Crippen LogP contribution in [0.25, 0.3) is 11.1 Å². The summed E-state index contributed by atoms with van der Waals surface area (Å²) in [6, 6.07) is 14.3. The molecule has 31 heavy (non-hydrogen) atoms. The molecule has 7 nitrogen and oxygen atoms in total. The summed E-state index contributed by atoms with van der Waals surface area (Å²) in [4.78, 5) is 36.7. The van der Waals surface area contributed by atoms with Crippen molar-refractivity contribution in [1.29, 1.82) is 0 Å². The van der Waals surface area contributed by atoms with Gasteiger partial charge < -0.3 is 5.11 Å². The van der Waals surface area contributed by atoms with Crippen molar-refractivity contribution >= 4 is 11.9 Å². The van der Waals surface area contributed by atoms with Crippen molar-refractivity contribution < 1.29 is 14.7 Å². The number of carbonyl (C=O) groups is 2. The Hall–Kier alpha value is -3.48. The standard InChI is InChI=1S/C24H27N3O4/c1-4-8-21(28)27-24(31)26(22(25-27)16(3)5-2)15-17-11-13-18(14-12-17)19-9-6-7-10-20(19)23(29)30/h6-7,9-14,16H,4-5,8,15H2,1-3H3,(H,29,30). The lowest BCUT2D eigenvalue weighted by molar-refractivity contribution is 0.0697. The van der Waals surface area contributed by atoms with Crippen molar-refractivity contribution in [3.8, 4) is 11.1 Å². The molecule has 162 valence electrons. The van der Waals surface area contributed by atoms with Crippen LogP contribution in [0.15, 0.2) is 53.3 Å². The van der Waals surface area contributed by atoms with Crippen LogP contribution in [0.2, 0.25) is 0 Å². The van der Waals surface area contributed by atoms with E-state index in [-0.39, 0.29) is 23.8 Å². The molecule has 0 saturated carbocycles. The lowest BCUT2D eigenvalue weighted by Gasteiger charge is -2.11. The van der Waals surface area contributed by atoms with Crippen molar-refractivity contribution in [1.82, 2.24) is 14.3 Å². The topological polar surface area (TPSA) is 94.2 Å². The van der Waals surface area contributed by atoms with E-state index in [4.69, 9.17) is 0 Å². The van der Waals surface area contributed by atoms with E-state index in [2.05, 4.69) is 5.10 Å². The van der Waals surface area contributed by atoms with Crippen LogP contribution in [0.5, 0.6) is 0 Å². The molecular formula is C24H27N3O4. The predicted molar refractivity (Wildman–Crippen MR) is 119 cm³/mol. The second kappa shape index (κ2) is 9.55. The number of benzene rings is 2. The number of rotatable bonds is 8. The third-order valence-electron chi connectivity index (χ3n) is 5.41. The maximum Gasteiger partial charge on any atom is 0.353 e. The van der Waals surface area contributed by atoms with Crippen molar-refractivity contribution in [3.63, 3.8) is 0 Å². The molecule has 0 bridgehead atoms. The molecule has 0 aliphatic heterocycles. The van der Waals surface area contributed by atoms with Gasteiger partial charge in [-0.05, 0) is 35.6 Å². The molecule has 2 aromatic carbocycles. The second-order valence-electron chi connectivity index (χ2n) is 7.64. The average Bonchev–Trinajstić information content (AvgIpc) is 3.10. The highest BCUT2D eigenvalue weighted by atomic mass is 16.4. The van der Waals surface area contributed by atoms with Gasteiger partial charge in [-0.3, -0.25) is 9.36 Å². The summed E-state index contributed by atoms with van der Waals surface area (Å²) in [5.74, 6) is -0.646. The zero-order valence-electron chi connectivity index (χ0n) is 18.0. The number of aromatic carboxylic acids is 1. The summed E-state index contributed by atoms with van der Waals surface area (Å²) in [5.41, 5.74) is 2.10. The van der Waals surface area contributed by atoms with Gasteiger partial charge in [0.25, 0.3) is 5.91 Å². The van der Waals surface area contributed by atoms with Crippen molar-refractivity contribution in [3.05, 3.63) is 76.0 Å². The summed E-state index contributed by atoms with van der Waals surface area (Å²) >= 11 is 0. The number of carbonyl (C=O) groups excluding carboxylic acids is 1. The Morgan fingerprint density at radius 2 is 1.74 bits per heavy atom. The quantitative estimate of drug-likeness (QED) is 0.581. The summed E-state index contributed by atoms with van der Waals surface area (Å²) in [7, 11) is 0. The molecule has 0 fully saturated rings. The molecule has 0 amide bonds. The highest BCUT2D eigenvalue weighted by Crippen LogP contribution is 2.24. The van der Waals surface area contributed by atoms with Crippen molar-refractivity contribution in [2.75, 3.05) is 0 Å². The molecule has 3 rings (SSSR count). The Morgan fingerprint density at radius 3 is 2.35 bits per heavy atom. The number of nitrogens with zero attached hydrogens (tertiary/aromatic N) is 3. The summed E-state index contributed by atoms with van der Waals surface area (Å²) < 4.78 is 2.55. The van der Waals surface area contributed by atoms with Crippen LogP contribution >= 0.6 is 0 Å². The van der Waals surface area contributed by atoms with Gasteiger partial charge in [-0.2, -0.15) is 0 Å². The zero-order valence-corrected chi connectivity index (χ0v) is 18.0. The molecule has 3 aromatic rings. The third-order valence-corrected chi connectivity index (χ3v) is 5.41. The Balaban J connectivity index is 1.95. The molecule has 1 atom stereocenters. The van der Waals surface area contributed by atoms with Gasteiger partial charge in [0.1, 0.15) is 5.82 Å². The lowest BCUT2D eigenvalue weighted by Crippen LogP contribution is -2.30. The van der Waals surface area contributed by atoms with Gasteiger partial charge in [-0.25, -0.2) is 9.59 Å². The molecule has 0 aliphatic carbocycles. The van der Waals surface area contributed by atoms with E-state index in [1.54, 1.807) is 28.8 Å². The number of hydrogen-bond acceptors (Lipinski definition) is 4. The van der Waals surface area contributed by atoms with E-state index >= 15 is 0 Å². The Bertz CT molecular complexity index is 1140. The minimum Gasteiger partial charge on any atom is -0.478 e. The first-order chi connectivity index (χ1) is 14.9. The maximum absolute atomic E-state index is 12.9. The molecule has 0 aliphatic rings. The molecule has 7 heteroatoms. The van der Waals surface area contributed by atoms with E-state index in [0.29, 0.717) is 24.4 Å². The number of hydrogen-bond donors (Lipinski definition) is 1. The first-order valence-corrected chi connectivity index (χ1v) is 10.5. The third kappa shape index (κ3) is 4.66. The fourth-order valence-electron chi connectivity index (χ4n) is 3.48.